The van der Waals surface area contributed by atoms with Gasteiger partial charge in [0.1, 0.15) is 10.8 Å². The van der Waals surface area contributed by atoms with Gasteiger partial charge in [-0.1, -0.05) is 6.07 Å². The van der Waals surface area contributed by atoms with E-state index in [0.717, 1.165) is 37.3 Å². The first-order chi connectivity index (χ1) is 14.0. The van der Waals surface area contributed by atoms with E-state index in [1.807, 2.05) is 25.1 Å². The molecule has 2 N–H and O–H groups in total. The number of nitrogens with zero attached hydrogens (tertiary/aromatic N) is 1. The van der Waals surface area contributed by atoms with E-state index in [0.29, 0.717) is 5.76 Å². The third-order valence-corrected chi connectivity index (χ3v) is 6.80. The van der Waals surface area contributed by atoms with Crippen LogP contribution in [-0.4, -0.2) is 10.9 Å². The van der Waals surface area contributed by atoms with Crippen molar-refractivity contribution in [2.75, 3.05) is 10.6 Å². The lowest BCUT2D eigenvalue weighted by Crippen LogP contribution is -2.17. The molecule has 0 aliphatic carbocycles. The van der Waals surface area contributed by atoms with Gasteiger partial charge in [-0.2, -0.15) is 0 Å². The summed E-state index contributed by atoms with van der Waals surface area (Å²) in [6.45, 7) is 6.21. The average molecular weight is 424 g/mol. The van der Waals surface area contributed by atoms with Crippen molar-refractivity contribution in [3.05, 3.63) is 86.4 Å². The molecule has 0 aliphatic heterocycles. The Bertz CT molecular complexity index is 1120. The number of rotatable bonds is 6. The highest BCUT2D eigenvalue weighted by atomic mass is 32.1. The molecule has 148 valence electrons. The number of hydrogen-bond acceptors (Lipinski definition) is 6. The minimum absolute atomic E-state index is 0.124. The number of carbonyl (C=O) groups is 1. The van der Waals surface area contributed by atoms with Gasteiger partial charge >= 0.3 is 0 Å². The van der Waals surface area contributed by atoms with Crippen molar-refractivity contribution in [3.8, 4) is 0 Å². The number of aromatic nitrogens is 1. The molecule has 1 amide bonds. The summed E-state index contributed by atoms with van der Waals surface area (Å²) in [5.41, 5.74) is 3.35. The van der Waals surface area contributed by atoms with Gasteiger partial charge in [0.15, 0.2) is 5.76 Å². The Hall–Kier alpha value is -2.90. The van der Waals surface area contributed by atoms with Crippen molar-refractivity contribution in [2.24, 2.45) is 0 Å². The zero-order valence-electron chi connectivity index (χ0n) is 16.4. The molecule has 1 unspecified atom stereocenters. The molecule has 7 heteroatoms. The van der Waals surface area contributed by atoms with Crippen LogP contribution in [0.5, 0.6) is 0 Å². The molecule has 0 spiro atoms. The van der Waals surface area contributed by atoms with E-state index < -0.39 is 0 Å². The summed E-state index contributed by atoms with van der Waals surface area (Å²) in [6, 6.07) is 11.4. The van der Waals surface area contributed by atoms with Crippen molar-refractivity contribution < 1.29 is 9.21 Å². The van der Waals surface area contributed by atoms with Crippen LogP contribution in [0.15, 0.2) is 58.7 Å². The van der Waals surface area contributed by atoms with Crippen molar-refractivity contribution in [2.45, 2.75) is 26.8 Å². The second kappa shape index (κ2) is 8.23. The molecule has 0 saturated carbocycles. The fourth-order valence-electron chi connectivity index (χ4n) is 3.16. The highest BCUT2D eigenvalue weighted by Gasteiger charge is 2.26. The fourth-order valence-corrected chi connectivity index (χ4v) is 5.04. The third-order valence-electron chi connectivity index (χ3n) is 4.73. The molecule has 0 radical (unpaired) electrons. The Morgan fingerprint density at radius 2 is 2.03 bits per heavy atom. The van der Waals surface area contributed by atoms with Crippen molar-refractivity contribution >= 4 is 39.4 Å². The van der Waals surface area contributed by atoms with E-state index in [4.69, 9.17) is 4.42 Å². The SMILES string of the molecule is Cc1ccnc(NC(c2cccs2)c2c(NC(=O)c3ccco3)sc(C)c2C)c1. The minimum Gasteiger partial charge on any atom is -0.459 e. The molecule has 0 fully saturated rings. The third kappa shape index (κ3) is 4.11. The van der Waals surface area contributed by atoms with Gasteiger partial charge in [0, 0.05) is 21.5 Å². The molecule has 0 aliphatic rings. The maximum atomic E-state index is 12.6. The summed E-state index contributed by atoms with van der Waals surface area (Å²) in [5, 5.41) is 9.49. The molecular formula is C22H21N3O2S2. The van der Waals surface area contributed by atoms with Gasteiger partial charge in [0.25, 0.3) is 5.91 Å². The van der Waals surface area contributed by atoms with E-state index in [1.54, 1.807) is 41.0 Å². The van der Waals surface area contributed by atoms with Crippen LogP contribution in [0.2, 0.25) is 0 Å². The summed E-state index contributed by atoms with van der Waals surface area (Å²) < 4.78 is 5.25. The largest absolute Gasteiger partial charge is 0.459 e. The number of nitrogens with one attached hydrogen (secondary N) is 2. The maximum Gasteiger partial charge on any atom is 0.291 e. The first-order valence-electron chi connectivity index (χ1n) is 9.20. The molecule has 5 nitrogen and oxygen atoms in total. The number of anilines is 2. The summed E-state index contributed by atoms with van der Waals surface area (Å²) in [6.07, 6.45) is 3.30. The number of amides is 1. The van der Waals surface area contributed by atoms with E-state index in [2.05, 4.69) is 40.9 Å². The van der Waals surface area contributed by atoms with Crippen LogP contribution in [-0.2, 0) is 0 Å². The number of furan rings is 1. The molecule has 0 aromatic carbocycles. The van der Waals surface area contributed by atoms with Gasteiger partial charge in [-0.25, -0.2) is 4.98 Å². The molecule has 4 heterocycles. The van der Waals surface area contributed by atoms with E-state index in [-0.39, 0.29) is 11.9 Å². The van der Waals surface area contributed by atoms with Gasteiger partial charge in [0.2, 0.25) is 0 Å². The zero-order chi connectivity index (χ0) is 20.4. The smallest absolute Gasteiger partial charge is 0.291 e. The second-order valence-corrected chi connectivity index (χ2v) is 8.97. The molecule has 4 rings (SSSR count). The monoisotopic (exact) mass is 423 g/mol. The summed E-state index contributed by atoms with van der Waals surface area (Å²) in [4.78, 5) is 19.4. The Morgan fingerprint density at radius 3 is 2.72 bits per heavy atom. The van der Waals surface area contributed by atoms with Gasteiger partial charge in [-0.3, -0.25) is 4.79 Å². The van der Waals surface area contributed by atoms with Crippen LogP contribution in [0, 0.1) is 20.8 Å². The van der Waals surface area contributed by atoms with Crippen LogP contribution in [0.4, 0.5) is 10.8 Å². The molecule has 4 aromatic rings. The van der Waals surface area contributed by atoms with Crippen molar-refractivity contribution in [1.82, 2.24) is 4.98 Å². The molecule has 0 bridgehead atoms. The van der Waals surface area contributed by atoms with Gasteiger partial charge < -0.3 is 15.1 Å². The molecule has 29 heavy (non-hydrogen) atoms. The Labute approximate surface area is 177 Å². The highest BCUT2D eigenvalue weighted by Crippen LogP contribution is 2.42. The summed E-state index contributed by atoms with van der Waals surface area (Å²) in [5.74, 6) is 0.840. The Balaban J connectivity index is 1.75. The number of thiophene rings is 2. The topological polar surface area (TPSA) is 67.2 Å². The van der Waals surface area contributed by atoms with E-state index in [9.17, 15) is 4.79 Å². The molecule has 1 atom stereocenters. The number of carbonyl (C=O) groups excluding carboxylic acids is 1. The van der Waals surface area contributed by atoms with Crippen LogP contribution in [0.25, 0.3) is 0 Å². The van der Waals surface area contributed by atoms with Crippen LogP contribution in [0.3, 0.4) is 0 Å². The normalized spacial score (nSPS) is 12.0. The highest BCUT2D eigenvalue weighted by molar-refractivity contribution is 7.16. The molecule has 4 aromatic heterocycles. The van der Waals surface area contributed by atoms with E-state index in [1.165, 1.54) is 6.26 Å². The molecule has 0 saturated heterocycles. The molecular weight excluding hydrogens is 402 g/mol. The van der Waals surface area contributed by atoms with Gasteiger partial charge in [0.05, 0.1) is 12.3 Å². The number of aryl methyl sites for hydroxylation is 2. The lowest BCUT2D eigenvalue weighted by atomic mass is 10.0. The number of pyridine rings is 1. The minimum atomic E-state index is -0.254. The second-order valence-electron chi connectivity index (χ2n) is 6.77. The average Bonchev–Trinajstić information content (AvgIpc) is 3.44. The fraction of sp³-hybridized carbons (Fsp3) is 0.182. The summed E-state index contributed by atoms with van der Waals surface area (Å²) >= 11 is 3.25. The quantitative estimate of drug-likeness (QED) is 0.389. The Kier molecular flexibility index (Phi) is 5.51. The standard InChI is InChI=1S/C22H21N3O2S2/c1-13-8-9-23-18(12-13)24-20(17-7-5-11-28-17)19-14(2)15(3)29-22(19)25-21(26)16-6-4-10-27-16/h4-12,20H,1-3H3,(H,23,24)(H,25,26). The zero-order valence-corrected chi connectivity index (χ0v) is 18.0. The van der Waals surface area contributed by atoms with Crippen LogP contribution < -0.4 is 10.6 Å². The van der Waals surface area contributed by atoms with Gasteiger partial charge in [-0.05, 0) is 67.6 Å². The summed E-state index contributed by atoms with van der Waals surface area (Å²) in [7, 11) is 0. The van der Waals surface area contributed by atoms with Crippen molar-refractivity contribution in [1.29, 1.82) is 0 Å². The number of hydrogen-bond donors (Lipinski definition) is 2. The first-order valence-corrected chi connectivity index (χ1v) is 10.9. The van der Waals surface area contributed by atoms with Crippen LogP contribution in [0.1, 0.15) is 43.0 Å². The predicted octanol–water partition coefficient (Wildman–Crippen LogP) is 6.18. The van der Waals surface area contributed by atoms with E-state index >= 15 is 0 Å². The first kappa shape index (κ1) is 19.4. The van der Waals surface area contributed by atoms with Gasteiger partial charge in [-0.15, -0.1) is 22.7 Å². The lowest BCUT2D eigenvalue weighted by molar-refractivity contribution is 0.0997. The lowest BCUT2D eigenvalue weighted by Gasteiger charge is -2.21. The predicted molar refractivity (Wildman–Crippen MR) is 119 cm³/mol. The van der Waals surface area contributed by atoms with Crippen molar-refractivity contribution in [3.63, 3.8) is 0 Å². The van der Waals surface area contributed by atoms with Crippen LogP contribution >= 0.6 is 22.7 Å². The Morgan fingerprint density at radius 1 is 1.17 bits per heavy atom. The maximum absolute atomic E-state index is 12.6.